The van der Waals surface area contributed by atoms with E-state index in [-0.39, 0.29) is 6.09 Å². The summed E-state index contributed by atoms with van der Waals surface area (Å²) in [4.78, 5) is 14.3. The van der Waals surface area contributed by atoms with E-state index in [0.29, 0.717) is 18.0 Å². The Balaban J connectivity index is 1.87. The van der Waals surface area contributed by atoms with E-state index >= 15 is 0 Å². The molecule has 2 bridgehead atoms. The van der Waals surface area contributed by atoms with Crippen molar-refractivity contribution in [3.63, 3.8) is 0 Å². The van der Waals surface area contributed by atoms with Crippen molar-refractivity contribution in [2.24, 2.45) is 5.92 Å². The zero-order valence-electron chi connectivity index (χ0n) is 12.8. The number of nitrogens with zero attached hydrogens (tertiary/aromatic N) is 1. The molecule has 0 aromatic rings. The maximum Gasteiger partial charge on any atom is 0.410 e. The molecule has 1 N–H and O–H groups in total. The Kier molecular flexibility index (Phi) is 4.59. The summed E-state index contributed by atoms with van der Waals surface area (Å²) in [6, 6.07) is 0.711. The third-order valence-corrected chi connectivity index (χ3v) is 4.12. The Labute approximate surface area is 122 Å². The Morgan fingerprint density at radius 2 is 2.20 bits per heavy atom. The number of hydrogen-bond acceptors (Lipinski definition) is 3. The number of nitrogens with one attached hydrogen (secondary N) is 1. The fourth-order valence-electron chi connectivity index (χ4n) is 3.38. The van der Waals surface area contributed by atoms with Gasteiger partial charge in [0.1, 0.15) is 5.60 Å². The number of terminal acetylenes is 1. The lowest BCUT2D eigenvalue weighted by Crippen LogP contribution is -2.41. The molecule has 1 amide bonds. The number of rotatable bonds is 4. The Hall–Kier alpha value is -1.21. The van der Waals surface area contributed by atoms with Crippen molar-refractivity contribution in [1.82, 2.24) is 10.2 Å². The fraction of sp³-hybridized carbons (Fsp3) is 0.812. The topological polar surface area (TPSA) is 41.6 Å². The van der Waals surface area contributed by atoms with Crippen molar-refractivity contribution in [2.75, 3.05) is 13.1 Å². The van der Waals surface area contributed by atoms with E-state index in [2.05, 4.69) is 11.2 Å². The lowest BCUT2D eigenvalue weighted by atomic mass is 9.89. The van der Waals surface area contributed by atoms with Gasteiger partial charge in [0.15, 0.2) is 0 Å². The second-order valence-corrected chi connectivity index (χ2v) is 6.84. The highest BCUT2D eigenvalue weighted by atomic mass is 16.6. The molecule has 3 unspecified atom stereocenters. The normalized spacial score (nSPS) is 28.5. The number of amides is 1. The van der Waals surface area contributed by atoms with Gasteiger partial charge in [-0.2, -0.15) is 0 Å². The van der Waals surface area contributed by atoms with Crippen molar-refractivity contribution in [3.8, 4) is 12.3 Å². The summed E-state index contributed by atoms with van der Waals surface area (Å²) < 4.78 is 5.53. The molecule has 4 heteroatoms. The van der Waals surface area contributed by atoms with Crippen LogP contribution in [0.1, 0.15) is 46.5 Å². The van der Waals surface area contributed by atoms with Crippen LogP contribution >= 0.6 is 0 Å². The third-order valence-electron chi connectivity index (χ3n) is 4.12. The third kappa shape index (κ3) is 3.46. The van der Waals surface area contributed by atoms with Crippen LogP contribution in [-0.2, 0) is 4.74 Å². The van der Waals surface area contributed by atoms with Crippen LogP contribution < -0.4 is 5.32 Å². The van der Waals surface area contributed by atoms with Crippen molar-refractivity contribution < 1.29 is 9.53 Å². The average Bonchev–Trinajstić information content (AvgIpc) is 2.89. The zero-order valence-corrected chi connectivity index (χ0v) is 12.8. The van der Waals surface area contributed by atoms with Crippen LogP contribution in [0.3, 0.4) is 0 Å². The van der Waals surface area contributed by atoms with Gasteiger partial charge in [-0.15, -0.1) is 12.3 Å². The fourth-order valence-corrected chi connectivity index (χ4v) is 3.38. The highest BCUT2D eigenvalue weighted by Gasteiger charge is 2.49. The summed E-state index contributed by atoms with van der Waals surface area (Å²) in [5.74, 6) is 3.17. The monoisotopic (exact) mass is 278 g/mol. The van der Waals surface area contributed by atoms with Crippen molar-refractivity contribution in [3.05, 3.63) is 0 Å². The largest absolute Gasteiger partial charge is 0.444 e. The lowest BCUT2D eigenvalue weighted by Gasteiger charge is -2.28. The minimum Gasteiger partial charge on any atom is -0.444 e. The number of hydrogen-bond donors (Lipinski definition) is 1. The van der Waals surface area contributed by atoms with Gasteiger partial charge in [0.2, 0.25) is 0 Å². The number of carbonyl (C=O) groups is 1. The van der Waals surface area contributed by atoms with Crippen LogP contribution in [0.4, 0.5) is 4.79 Å². The first kappa shape index (κ1) is 15.2. The molecule has 20 heavy (non-hydrogen) atoms. The molecule has 3 atom stereocenters. The molecule has 2 aliphatic heterocycles. The van der Waals surface area contributed by atoms with Crippen molar-refractivity contribution in [1.29, 1.82) is 0 Å². The summed E-state index contributed by atoms with van der Waals surface area (Å²) in [6.45, 7) is 7.56. The predicted molar refractivity (Wildman–Crippen MR) is 79.3 cm³/mol. The molecule has 4 nitrogen and oxygen atoms in total. The first-order valence-corrected chi connectivity index (χ1v) is 7.58. The summed E-state index contributed by atoms with van der Waals surface area (Å²) in [6.07, 6.45) is 9.17. The molecule has 0 aromatic carbocycles. The van der Waals surface area contributed by atoms with Crippen LogP contribution in [0.25, 0.3) is 0 Å². The van der Waals surface area contributed by atoms with E-state index in [1.165, 1.54) is 0 Å². The molecule has 0 aromatic heterocycles. The van der Waals surface area contributed by atoms with E-state index in [9.17, 15) is 4.79 Å². The summed E-state index contributed by atoms with van der Waals surface area (Å²) in [5.41, 5.74) is -0.417. The van der Waals surface area contributed by atoms with E-state index < -0.39 is 5.60 Å². The van der Waals surface area contributed by atoms with Crippen LogP contribution in [0.2, 0.25) is 0 Å². The SMILES string of the molecule is C#CCCNCC1CC2CCC1N2C(=O)OC(C)(C)C. The molecule has 0 saturated carbocycles. The van der Waals surface area contributed by atoms with E-state index in [0.717, 1.165) is 38.8 Å². The predicted octanol–water partition coefficient (Wildman–Crippen LogP) is 2.39. The van der Waals surface area contributed by atoms with Gasteiger partial charge in [-0.05, 0) is 46.0 Å². The van der Waals surface area contributed by atoms with Crippen LogP contribution in [0.15, 0.2) is 0 Å². The molecule has 0 spiro atoms. The molecule has 2 fully saturated rings. The van der Waals surface area contributed by atoms with Gasteiger partial charge in [0.05, 0.1) is 0 Å². The number of carbonyl (C=O) groups excluding carboxylic acids is 1. The zero-order chi connectivity index (χ0) is 14.8. The molecule has 0 radical (unpaired) electrons. The molecule has 2 saturated heterocycles. The average molecular weight is 278 g/mol. The Morgan fingerprint density at radius 3 is 2.85 bits per heavy atom. The second-order valence-electron chi connectivity index (χ2n) is 6.84. The van der Waals surface area contributed by atoms with Crippen LogP contribution in [-0.4, -0.2) is 41.8 Å². The lowest BCUT2D eigenvalue weighted by molar-refractivity contribution is 0.0205. The van der Waals surface area contributed by atoms with Gasteiger partial charge in [0, 0.05) is 31.6 Å². The molecular formula is C16H26N2O2. The Morgan fingerprint density at radius 1 is 1.45 bits per heavy atom. The maximum absolute atomic E-state index is 12.3. The summed E-state index contributed by atoms with van der Waals surface area (Å²) in [5, 5.41) is 3.40. The molecular weight excluding hydrogens is 252 g/mol. The minimum absolute atomic E-state index is 0.142. The van der Waals surface area contributed by atoms with Gasteiger partial charge in [-0.1, -0.05) is 0 Å². The second kappa shape index (κ2) is 6.05. The molecule has 2 rings (SSSR count). The van der Waals surface area contributed by atoms with Gasteiger partial charge >= 0.3 is 6.09 Å². The first-order chi connectivity index (χ1) is 9.42. The van der Waals surface area contributed by atoms with Gasteiger partial charge < -0.3 is 15.0 Å². The molecule has 112 valence electrons. The highest BCUT2D eigenvalue weighted by molar-refractivity contribution is 5.70. The quantitative estimate of drug-likeness (QED) is 0.634. The van der Waals surface area contributed by atoms with E-state index in [4.69, 9.17) is 11.2 Å². The van der Waals surface area contributed by atoms with E-state index in [1.54, 1.807) is 0 Å². The molecule has 0 aliphatic carbocycles. The standard InChI is InChI=1S/C16H26N2O2/c1-5-6-9-17-11-12-10-13-7-8-14(12)18(13)15(19)20-16(2,3)4/h1,12-14,17H,6-11H2,2-4H3. The van der Waals surface area contributed by atoms with Gasteiger partial charge in [0.25, 0.3) is 0 Å². The number of fused-ring (bicyclic) bond motifs is 2. The number of ether oxygens (including phenoxy) is 1. The van der Waals surface area contributed by atoms with Gasteiger partial charge in [-0.25, -0.2) is 4.79 Å². The van der Waals surface area contributed by atoms with Gasteiger partial charge in [-0.3, -0.25) is 0 Å². The van der Waals surface area contributed by atoms with Crippen molar-refractivity contribution >= 4 is 6.09 Å². The van der Waals surface area contributed by atoms with Crippen molar-refractivity contribution in [2.45, 2.75) is 64.1 Å². The molecule has 2 aliphatic rings. The van der Waals surface area contributed by atoms with Crippen LogP contribution in [0.5, 0.6) is 0 Å². The first-order valence-electron chi connectivity index (χ1n) is 7.58. The minimum atomic E-state index is -0.417. The summed E-state index contributed by atoms with van der Waals surface area (Å²) in [7, 11) is 0. The Bertz CT molecular complexity index is 394. The van der Waals surface area contributed by atoms with E-state index in [1.807, 2.05) is 25.7 Å². The smallest absolute Gasteiger partial charge is 0.410 e. The maximum atomic E-state index is 12.3. The highest BCUT2D eigenvalue weighted by Crippen LogP contribution is 2.42. The molecule has 2 heterocycles. The van der Waals surface area contributed by atoms with Crippen LogP contribution in [0, 0.1) is 18.3 Å². The summed E-state index contributed by atoms with van der Waals surface area (Å²) >= 11 is 0.